The molecule has 0 saturated heterocycles. The Kier molecular flexibility index (Phi) is 6.32. The number of carbonyl (C=O) groups excluding carboxylic acids is 1. The van der Waals surface area contributed by atoms with Gasteiger partial charge in [-0.1, -0.05) is 22.0 Å². The number of nitro benzene ring substituents is 1. The van der Waals surface area contributed by atoms with Crippen LogP contribution in [0.25, 0.3) is 0 Å². The van der Waals surface area contributed by atoms with Crippen molar-refractivity contribution in [2.75, 3.05) is 24.7 Å². The second-order valence-electron chi connectivity index (χ2n) is 5.40. The average molecular weight is 442 g/mol. The highest BCUT2D eigenvalue weighted by Gasteiger charge is 2.22. The third-order valence-electron chi connectivity index (χ3n) is 3.38. The van der Waals surface area contributed by atoms with Crippen LogP contribution in [-0.2, 0) is 9.84 Å². The molecular formula is C16H16BrN3O5S. The van der Waals surface area contributed by atoms with Crippen molar-refractivity contribution in [3.05, 3.63) is 62.6 Å². The molecule has 0 radical (unpaired) electrons. The van der Waals surface area contributed by atoms with E-state index in [0.29, 0.717) is 17.8 Å². The van der Waals surface area contributed by atoms with Gasteiger partial charge < -0.3 is 10.6 Å². The second kappa shape index (κ2) is 8.28. The van der Waals surface area contributed by atoms with Crippen molar-refractivity contribution in [1.29, 1.82) is 0 Å². The van der Waals surface area contributed by atoms with Crippen LogP contribution in [0.15, 0.2) is 51.8 Å². The molecule has 0 atom stereocenters. The van der Waals surface area contributed by atoms with E-state index in [2.05, 4.69) is 26.6 Å². The van der Waals surface area contributed by atoms with Crippen LogP contribution in [0.1, 0.15) is 10.4 Å². The first-order valence-corrected chi connectivity index (χ1v) is 10.1. The molecule has 0 bridgehead atoms. The molecule has 26 heavy (non-hydrogen) atoms. The molecule has 1 amide bonds. The summed E-state index contributed by atoms with van der Waals surface area (Å²) < 4.78 is 24.2. The van der Waals surface area contributed by atoms with E-state index in [4.69, 9.17) is 0 Å². The van der Waals surface area contributed by atoms with E-state index in [1.54, 1.807) is 18.2 Å². The maximum absolute atomic E-state index is 12.0. The Bertz CT molecular complexity index is 947. The molecule has 138 valence electrons. The molecule has 0 aliphatic heterocycles. The Morgan fingerprint density at radius 2 is 1.92 bits per heavy atom. The van der Waals surface area contributed by atoms with Gasteiger partial charge in [0.1, 0.15) is 4.90 Å². The maximum Gasteiger partial charge on any atom is 0.288 e. The molecule has 2 rings (SSSR count). The van der Waals surface area contributed by atoms with Gasteiger partial charge in [0.25, 0.3) is 11.6 Å². The number of halogens is 1. The molecule has 2 aromatic rings. The smallest absolute Gasteiger partial charge is 0.288 e. The summed E-state index contributed by atoms with van der Waals surface area (Å²) in [5.41, 5.74) is 0.447. The molecule has 0 aliphatic carbocycles. The highest BCUT2D eigenvalue weighted by molar-refractivity contribution is 9.10. The van der Waals surface area contributed by atoms with Crippen LogP contribution in [0.2, 0.25) is 0 Å². The summed E-state index contributed by atoms with van der Waals surface area (Å²) >= 11 is 3.29. The Hall–Kier alpha value is -2.46. The first kappa shape index (κ1) is 19.9. The minimum atomic E-state index is -3.74. The number of anilines is 1. The van der Waals surface area contributed by atoms with Gasteiger partial charge in [0, 0.05) is 41.1 Å². The minimum absolute atomic E-state index is 0.242. The number of amides is 1. The zero-order valence-corrected chi connectivity index (χ0v) is 16.1. The fraction of sp³-hybridized carbons (Fsp3) is 0.188. The first-order valence-electron chi connectivity index (χ1n) is 7.44. The van der Waals surface area contributed by atoms with Gasteiger partial charge in [0.15, 0.2) is 9.84 Å². The highest BCUT2D eigenvalue weighted by Crippen LogP contribution is 2.26. The van der Waals surface area contributed by atoms with E-state index in [-0.39, 0.29) is 17.3 Å². The molecule has 0 saturated carbocycles. The number of nitrogens with one attached hydrogen (secondary N) is 2. The topological polar surface area (TPSA) is 118 Å². The molecular weight excluding hydrogens is 426 g/mol. The van der Waals surface area contributed by atoms with Crippen LogP contribution in [0.5, 0.6) is 0 Å². The molecule has 8 nitrogen and oxygen atoms in total. The molecule has 0 aliphatic rings. The van der Waals surface area contributed by atoms with Gasteiger partial charge in [-0.05, 0) is 30.3 Å². The number of sulfone groups is 1. The summed E-state index contributed by atoms with van der Waals surface area (Å²) in [5.74, 6) is -0.242. The van der Waals surface area contributed by atoms with Crippen LogP contribution in [0.4, 0.5) is 11.4 Å². The quantitative estimate of drug-likeness (QED) is 0.387. The van der Waals surface area contributed by atoms with E-state index in [1.165, 1.54) is 12.1 Å². The summed E-state index contributed by atoms with van der Waals surface area (Å²) in [6.45, 7) is 0.608. The van der Waals surface area contributed by atoms with Gasteiger partial charge in [0.05, 0.1) is 4.92 Å². The maximum atomic E-state index is 12.0. The molecule has 10 heteroatoms. The third kappa shape index (κ3) is 5.27. The monoisotopic (exact) mass is 441 g/mol. The van der Waals surface area contributed by atoms with E-state index in [0.717, 1.165) is 16.8 Å². The summed E-state index contributed by atoms with van der Waals surface area (Å²) in [4.78, 5) is 21.8. The minimum Gasteiger partial charge on any atom is -0.383 e. The van der Waals surface area contributed by atoms with Gasteiger partial charge in [-0.15, -0.1) is 0 Å². The lowest BCUT2D eigenvalue weighted by molar-refractivity contribution is -0.387. The summed E-state index contributed by atoms with van der Waals surface area (Å²) in [5, 5.41) is 16.6. The number of nitrogens with zero attached hydrogens (tertiary/aromatic N) is 1. The van der Waals surface area contributed by atoms with Gasteiger partial charge in [0.2, 0.25) is 0 Å². The molecule has 2 aromatic carbocycles. The van der Waals surface area contributed by atoms with Crippen molar-refractivity contribution in [1.82, 2.24) is 5.32 Å². The Morgan fingerprint density at radius 3 is 2.54 bits per heavy atom. The number of benzene rings is 2. The Labute approximate surface area is 158 Å². The van der Waals surface area contributed by atoms with Crippen LogP contribution in [0, 0.1) is 10.1 Å². The number of hydrogen-bond donors (Lipinski definition) is 2. The first-order chi connectivity index (χ1) is 12.2. The molecule has 0 spiro atoms. The lowest BCUT2D eigenvalue weighted by Gasteiger charge is -2.09. The summed E-state index contributed by atoms with van der Waals surface area (Å²) in [7, 11) is -3.74. The summed E-state index contributed by atoms with van der Waals surface area (Å²) in [6, 6.07) is 10.7. The lowest BCUT2D eigenvalue weighted by Crippen LogP contribution is -2.28. The van der Waals surface area contributed by atoms with Gasteiger partial charge in [-0.2, -0.15) is 0 Å². The van der Waals surface area contributed by atoms with Crippen LogP contribution >= 0.6 is 15.9 Å². The van der Waals surface area contributed by atoms with Gasteiger partial charge in [-0.3, -0.25) is 14.9 Å². The fourth-order valence-corrected chi connectivity index (χ4v) is 3.45. The zero-order valence-electron chi connectivity index (χ0n) is 13.7. The molecule has 0 unspecified atom stereocenters. The van der Waals surface area contributed by atoms with Crippen molar-refractivity contribution >= 4 is 43.0 Å². The second-order valence-corrected chi connectivity index (χ2v) is 8.30. The SMILES string of the molecule is CS(=O)(=O)c1cc(NCCNC(=O)c2cccc(Br)c2)ccc1[N+](=O)[O-]. The molecule has 2 N–H and O–H groups in total. The van der Waals surface area contributed by atoms with Crippen LogP contribution in [0.3, 0.4) is 0 Å². The van der Waals surface area contributed by atoms with Crippen molar-refractivity contribution in [2.45, 2.75) is 4.90 Å². The molecule has 0 fully saturated rings. The normalized spacial score (nSPS) is 11.0. The number of carbonyl (C=O) groups is 1. The van der Waals surface area contributed by atoms with Crippen molar-refractivity contribution in [2.24, 2.45) is 0 Å². The Morgan fingerprint density at radius 1 is 1.19 bits per heavy atom. The third-order valence-corrected chi connectivity index (χ3v) is 5.00. The molecule has 0 heterocycles. The highest BCUT2D eigenvalue weighted by atomic mass is 79.9. The molecule has 0 aromatic heterocycles. The largest absolute Gasteiger partial charge is 0.383 e. The lowest BCUT2D eigenvalue weighted by atomic mass is 10.2. The van der Waals surface area contributed by atoms with Crippen LogP contribution in [-0.4, -0.2) is 38.6 Å². The van der Waals surface area contributed by atoms with Crippen molar-refractivity contribution in [3.8, 4) is 0 Å². The van der Waals surface area contributed by atoms with E-state index in [9.17, 15) is 23.3 Å². The standard InChI is InChI=1S/C16H16BrN3O5S/c1-26(24,25)15-10-13(5-6-14(15)20(22)23)18-7-8-19-16(21)11-3-2-4-12(17)9-11/h2-6,9-10,18H,7-8H2,1H3,(H,19,21). The average Bonchev–Trinajstić information content (AvgIpc) is 2.57. The Balaban J connectivity index is 1.98. The summed E-state index contributed by atoms with van der Waals surface area (Å²) in [6.07, 6.45) is 0.914. The van der Waals surface area contributed by atoms with Gasteiger partial charge >= 0.3 is 0 Å². The number of nitro groups is 1. The number of hydrogen-bond acceptors (Lipinski definition) is 6. The van der Waals surface area contributed by atoms with Gasteiger partial charge in [-0.25, -0.2) is 8.42 Å². The van der Waals surface area contributed by atoms with E-state index < -0.39 is 20.4 Å². The van der Waals surface area contributed by atoms with Crippen molar-refractivity contribution in [3.63, 3.8) is 0 Å². The zero-order chi connectivity index (χ0) is 19.3. The fourth-order valence-electron chi connectivity index (χ4n) is 2.19. The van der Waals surface area contributed by atoms with E-state index in [1.807, 2.05) is 6.07 Å². The predicted molar refractivity (Wildman–Crippen MR) is 101 cm³/mol. The van der Waals surface area contributed by atoms with E-state index >= 15 is 0 Å². The van der Waals surface area contributed by atoms with Crippen LogP contribution < -0.4 is 10.6 Å². The number of rotatable bonds is 7. The predicted octanol–water partition coefficient (Wildman–Crippen LogP) is 2.60. The van der Waals surface area contributed by atoms with Crippen molar-refractivity contribution < 1.29 is 18.1 Å².